The first-order valence-corrected chi connectivity index (χ1v) is 10.9. The number of phenols is 1. The van der Waals surface area contributed by atoms with Crippen LogP contribution in [0.2, 0.25) is 5.02 Å². The predicted octanol–water partition coefficient (Wildman–Crippen LogP) is 4.52. The van der Waals surface area contributed by atoms with Gasteiger partial charge in [0.1, 0.15) is 12.3 Å². The summed E-state index contributed by atoms with van der Waals surface area (Å²) < 4.78 is 10.7. The Morgan fingerprint density at radius 2 is 1.84 bits per heavy atom. The molecule has 0 spiro atoms. The summed E-state index contributed by atoms with van der Waals surface area (Å²) in [7, 11) is 0. The normalized spacial score (nSPS) is 14.7. The number of phenolic OH excluding ortho intramolecular Hbond substituents is 1. The summed E-state index contributed by atoms with van der Waals surface area (Å²) in [4.78, 5) is 38.4. The number of hydrogen-bond donors (Lipinski definition) is 2. The maximum atomic E-state index is 12.7. The maximum Gasteiger partial charge on any atom is 0.294 e. The molecule has 3 amide bonds. The molecule has 2 N–H and O–H groups in total. The lowest BCUT2D eigenvalue weighted by Gasteiger charge is -2.13. The minimum atomic E-state index is -0.594. The van der Waals surface area contributed by atoms with Crippen LogP contribution in [-0.2, 0) is 9.59 Å². The van der Waals surface area contributed by atoms with E-state index in [1.807, 2.05) is 6.92 Å². The molecule has 1 aliphatic heterocycles. The molecule has 1 aliphatic rings. The van der Waals surface area contributed by atoms with Crippen molar-refractivity contribution in [2.75, 3.05) is 25.1 Å². The van der Waals surface area contributed by atoms with Crippen LogP contribution in [0, 0.1) is 0 Å². The SMILES string of the molecule is CCOc1ccc(NC(=O)CN2C(=O)S/C(=C/c3cc(Cl)c(O)c(OCC)c3)C2=O)cc1. The van der Waals surface area contributed by atoms with Crippen molar-refractivity contribution < 1.29 is 29.0 Å². The second-order valence-electron chi connectivity index (χ2n) is 6.56. The van der Waals surface area contributed by atoms with Gasteiger partial charge < -0.3 is 19.9 Å². The van der Waals surface area contributed by atoms with Gasteiger partial charge in [0.25, 0.3) is 11.1 Å². The van der Waals surface area contributed by atoms with Crippen LogP contribution < -0.4 is 14.8 Å². The number of carbonyl (C=O) groups is 3. The highest BCUT2D eigenvalue weighted by Crippen LogP contribution is 2.38. The third-order valence-corrected chi connectivity index (χ3v) is 5.47. The zero-order valence-corrected chi connectivity index (χ0v) is 19.0. The Bertz CT molecular complexity index is 1070. The quantitative estimate of drug-likeness (QED) is 0.539. The highest BCUT2D eigenvalue weighted by atomic mass is 35.5. The van der Waals surface area contributed by atoms with Crippen molar-refractivity contribution in [2.24, 2.45) is 0 Å². The van der Waals surface area contributed by atoms with E-state index in [0.29, 0.717) is 30.2 Å². The molecule has 1 heterocycles. The van der Waals surface area contributed by atoms with E-state index < -0.39 is 23.6 Å². The van der Waals surface area contributed by atoms with Crippen LogP contribution in [0.5, 0.6) is 17.2 Å². The molecule has 0 bridgehead atoms. The van der Waals surface area contributed by atoms with Crippen LogP contribution in [0.3, 0.4) is 0 Å². The number of hydrogen-bond acceptors (Lipinski definition) is 7. The van der Waals surface area contributed by atoms with Crippen LogP contribution in [0.15, 0.2) is 41.3 Å². The molecule has 0 saturated carbocycles. The Morgan fingerprint density at radius 3 is 2.50 bits per heavy atom. The highest BCUT2D eigenvalue weighted by Gasteiger charge is 2.36. The van der Waals surface area contributed by atoms with Gasteiger partial charge in [-0.05, 0) is 73.6 Å². The van der Waals surface area contributed by atoms with Crippen molar-refractivity contribution in [1.82, 2.24) is 4.90 Å². The summed E-state index contributed by atoms with van der Waals surface area (Å²) >= 11 is 6.74. The monoisotopic (exact) mass is 476 g/mol. The number of aromatic hydroxyl groups is 1. The molecule has 2 aromatic rings. The Labute approximate surface area is 194 Å². The average molecular weight is 477 g/mol. The number of carbonyl (C=O) groups excluding carboxylic acids is 3. The van der Waals surface area contributed by atoms with Crippen molar-refractivity contribution >= 4 is 52.2 Å². The van der Waals surface area contributed by atoms with Crippen molar-refractivity contribution in [3.63, 3.8) is 0 Å². The Morgan fingerprint density at radius 1 is 1.16 bits per heavy atom. The molecule has 8 nitrogen and oxygen atoms in total. The third kappa shape index (κ3) is 5.54. The molecule has 0 atom stereocenters. The van der Waals surface area contributed by atoms with Gasteiger partial charge in [-0.25, -0.2) is 0 Å². The van der Waals surface area contributed by atoms with Gasteiger partial charge in [0.05, 0.1) is 23.1 Å². The molecule has 0 aromatic heterocycles. The Kier molecular flexibility index (Phi) is 7.66. The number of thioether (sulfide) groups is 1. The number of imide groups is 1. The van der Waals surface area contributed by atoms with Crippen molar-refractivity contribution in [3.8, 4) is 17.2 Å². The Balaban J connectivity index is 1.70. The van der Waals surface area contributed by atoms with E-state index in [0.717, 1.165) is 16.7 Å². The second-order valence-corrected chi connectivity index (χ2v) is 7.96. The number of anilines is 1. The molecule has 10 heteroatoms. The first kappa shape index (κ1) is 23.5. The van der Waals surface area contributed by atoms with Crippen molar-refractivity contribution in [1.29, 1.82) is 0 Å². The van der Waals surface area contributed by atoms with Gasteiger partial charge in [0, 0.05) is 5.69 Å². The number of benzene rings is 2. The maximum absolute atomic E-state index is 12.7. The molecule has 0 unspecified atom stereocenters. The van der Waals surface area contributed by atoms with Gasteiger partial charge in [0.2, 0.25) is 5.91 Å². The van der Waals surface area contributed by atoms with E-state index in [1.54, 1.807) is 31.2 Å². The molecule has 1 fully saturated rings. The summed E-state index contributed by atoms with van der Waals surface area (Å²) in [5.41, 5.74) is 0.990. The van der Waals surface area contributed by atoms with Gasteiger partial charge in [-0.3, -0.25) is 19.3 Å². The largest absolute Gasteiger partial charge is 0.503 e. The zero-order valence-electron chi connectivity index (χ0n) is 17.4. The van der Waals surface area contributed by atoms with Gasteiger partial charge in [-0.1, -0.05) is 11.6 Å². The van der Waals surface area contributed by atoms with Gasteiger partial charge in [-0.2, -0.15) is 0 Å². The number of nitrogens with zero attached hydrogens (tertiary/aromatic N) is 1. The van der Waals surface area contributed by atoms with Crippen LogP contribution in [0.25, 0.3) is 6.08 Å². The predicted molar refractivity (Wildman–Crippen MR) is 123 cm³/mol. The van der Waals surface area contributed by atoms with Crippen LogP contribution >= 0.6 is 23.4 Å². The van der Waals surface area contributed by atoms with Gasteiger partial charge in [-0.15, -0.1) is 0 Å². The topological polar surface area (TPSA) is 105 Å². The molecular formula is C22H21ClN2O6S. The summed E-state index contributed by atoms with van der Waals surface area (Å²) in [6.45, 7) is 4.04. The molecule has 0 aliphatic carbocycles. The summed E-state index contributed by atoms with van der Waals surface area (Å²) in [5, 5.41) is 12.1. The summed E-state index contributed by atoms with van der Waals surface area (Å²) in [6, 6.07) is 9.72. The molecule has 168 valence electrons. The zero-order chi connectivity index (χ0) is 23.3. The lowest BCUT2D eigenvalue weighted by atomic mass is 10.2. The number of halogens is 1. The van der Waals surface area contributed by atoms with E-state index in [2.05, 4.69) is 5.32 Å². The van der Waals surface area contributed by atoms with E-state index >= 15 is 0 Å². The molecule has 1 saturated heterocycles. The van der Waals surface area contributed by atoms with E-state index in [4.69, 9.17) is 21.1 Å². The number of nitrogens with one attached hydrogen (secondary N) is 1. The second kappa shape index (κ2) is 10.4. The molecule has 3 rings (SSSR count). The lowest BCUT2D eigenvalue weighted by molar-refractivity contribution is -0.127. The minimum absolute atomic E-state index is 0.0520. The third-order valence-electron chi connectivity index (χ3n) is 4.27. The van der Waals surface area contributed by atoms with Crippen molar-refractivity contribution in [3.05, 3.63) is 51.9 Å². The fraction of sp³-hybridized carbons (Fsp3) is 0.227. The smallest absolute Gasteiger partial charge is 0.294 e. The molecule has 2 aromatic carbocycles. The van der Waals surface area contributed by atoms with E-state index in [9.17, 15) is 19.5 Å². The number of amides is 3. The first-order chi connectivity index (χ1) is 15.3. The molecule has 0 radical (unpaired) electrons. The fourth-order valence-corrected chi connectivity index (χ4v) is 3.93. The minimum Gasteiger partial charge on any atom is -0.503 e. The van der Waals surface area contributed by atoms with Crippen LogP contribution in [0.1, 0.15) is 19.4 Å². The van der Waals surface area contributed by atoms with Crippen molar-refractivity contribution in [2.45, 2.75) is 13.8 Å². The van der Waals surface area contributed by atoms with E-state index in [-0.39, 0.29) is 21.4 Å². The number of ether oxygens (including phenoxy) is 2. The Hall–Kier alpha value is -3.17. The standard InChI is InChI=1S/C22H21ClN2O6S/c1-3-30-15-7-5-14(6-8-15)24-19(26)12-25-21(28)18(32-22(25)29)11-13-9-16(23)20(27)17(10-13)31-4-2/h5-11,27H,3-4,12H2,1-2H3,(H,24,26)/b18-11+. The van der Waals surface area contributed by atoms with Gasteiger partial charge >= 0.3 is 0 Å². The van der Waals surface area contributed by atoms with Gasteiger partial charge in [0.15, 0.2) is 11.5 Å². The summed E-state index contributed by atoms with van der Waals surface area (Å²) in [6.07, 6.45) is 1.46. The summed E-state index contributed by atoms with van der Waals surface area (Å²) in [5.74, 6) is -0.471. The lowest BCUT2D eigenvalue weighted by Crippen LogP contribution is -2.36. The number of rotatable bonds is 8. The molecule has 32 heavy (non-hydrogen) atoms. The highest BCUT2D eigenvalue weighted by molar-refractivity contribution is 8.18. The molecular weight excluding hydrogens is 456 g/mol. The fourth-order valence-electron chi connectivity index (χ4n) is 2.88. The van der Waals surface area contributed by atoms with Crippen LogP contribution in [-0.4, -0.2) is 46.8 Å². The van der Waals surface area contributed by atoms with E-state index in [1.165, 1.54) is 18.2 Å². The van der Waals surface area contributed by atoms with Crippen LogP contribution in [0.4, 0.5) is 10.5 Å². The average Bonchev–Trinajstić information content (AvgIpc) is 3.00. The first-order valence-electron chi connectivity index (χ1n) is 9.75.